The van der Waals surface area contributed by atoms with Gasteiger partial charge >= 0.3 is 12.3 Å². The Morgan fingerprint density at radius 2 is 1.10 bits per heavy atom. The molecule has 0 spiro atoms. The van der Waals surface area contributed by atoms with Gasteiger partial charge in [0.2, 0.25) is 0 Å². The molecule has 0 aliphatic heterocycles. The van der Waals surface area contributed by atoms with Crippen LogP contribution in [0.3, 0.4) is 0 Å². The number of nitrogens with one attached hydrogen (secondary N) is 2. The van der Waals surface area contributed by atoms with Gasteiger partial charge in [-0.25, -0.2) is 9.59 Å². The van der Waals surface area contributed by atoms with E-state index in [4.69, 9.17) is 18.9 Å². The molecule has 2 N–H and O–H groups in total. The maximum atomic E-state index is 12.3. The maximum Gasteiger partial charge on any atom is 0.513 e. The highest BCUT2D eigenvalue weighted by molar-refractivity contribution is 5.91. The summed E-state index contributed by atoms with van der Waals surface area (Å²) < 4.78 is 21.5. The molecule has 10 nitrogen and oxygen atoms in total. The summed E-state index contributed by atoms with van der Waals surface area (Å²) in [6, 6.07) is 11.1. The van der Waals surface area contributed by atoms with Crippen LogP contribution in [0.4, 0.5) is 9.59 Å². The molecule has 4 rings (SSSR count). The Hall–Kier alpha value is -4.02. The third kappa shape index (κ3) is 7.77. The van der Waals surface area contributed by atoms with E-state index in [0.717, 1.165) is 58.9 Å². The number of H-pyrrole nitrogens is 2. The molecule has 0 fully saturated rings. The molecule has 2 aromatic carbocycles. The topological polar surface area (TPSA) is 109 Å². The predicted molar refractivity (Wildman–Crippen MR) is 154 cm³/mol. The van der Waals surface area contributed by atoms with Crippen molar-refractivity contribution in [1.29, 1.82) is 0 Å². The van der Waals surface area contributed by atoms with Crippen LogP contribution in [-0.2, 0) is 22.3 Å². The first-order chi connectivity index (χ1) is 19.3. The molecule has 0 bridgehead atoms. The molecule has 0 aliphatic rings. The second-order valence-electron chi connectivity index (χ2n) is 10.2. The minimum atomic E-state index is -0.766. The highest BCUT2D eigenvalue weighted by atomic mass is 16.7. The monoisotopic (exact) mass is 550 g/mol. The maximum absolute atomic E-state index is 12.3. The molecule has 4 aromatic rings. The highest BCUT2D eigenvalue weighted by Crippen LogP contribution is 2.30. The van der Waals surface area contributed by atoms with Crippen molar-refractivity contribution in [3.8, 4) is 11.5 Å². The smallest absolute Gasteiger partial charge is 0.434 e. The number of aromatic amines is 2. The van der Waals surface area contributed by atoms with Crippen molar-refractivity contribution in [2.45, 2.75) is 25.7 Å². The van der Waals surface area contributed by atoms with Gasteiger partial charge in [0, 0.05) is 47.3 Å². The van der Waals surface area contributed by atoms with Crippen molar-refractivity contribution in [2.75, 3.05) is 54.5 Å². The number of likely N-dealkylation sites (N-methyl/N-ethyl adjacent to an activating group) is 2. The summed E-state index contributed by atoms with van der Waals surface area (Å²) in [7, 11) is 8.07. The summed E-state index contributed by atoms with van der Waals surface area (Å²) in [6.45, 7) is 2.04. The first kappa shape index (κ1) is 29.0. The summed E-state index contributed by atoms with van der Waals surface area (Å²) in [4.78, 5) is 35.3. The van der Waals surface area contributed by atoms with Gasteiger partial charge in [-0.15, -0.1) is 0 Å². The van der Waals surface area contributed by atoms with Crippen LogP contribution < -0.4 is 9.47 Å². The molecule has 2 aromatic heterocycles. The lowest BCUT2D eigenvalue weighted by Gasteiger charge is -2.11. The Kier molecular flexibility index (Phi) is 10.0. The molecule has 10 heteroatoms. The largest absolute Gasteiger partial charge is 0.513 e. The number of hydrogen-bond donors (Lipinski definition) is 2. The number of carbonyl (C=O) groups excluding carboxylic acids is 2. The number of nitrogens with zero attached hydrogens (tertiary/aromatic N) is 2. The minimum Gasteiger partial charge on any atom is -0.434 e. The quantitative estimate of drug-likeness (QED) is 0.130. The van der Waals surface area contributed by atoms with E-state index in [0.29, 0.717) is 24.3 Å². The Labute approximate surface area is 234 Å². The van der Waals surface area contributed by atoms with Gasteiger partial charge < -0.3 is 38.7 Å². The number of hydrogen-bond acceptors (Lipinski definition) is 8. The molecule has 0 saturated carbocycles. The van der Waals surface area contributed by atoms with E-state index in [1.165, 1.54) is 0 Å². The molecule has 0 atom stereocenters. The van der Waals surface area contributed by atoms with Gasteiger partial charge in [0.1, 0.15) is 11.5 Å². The first-order valence-electron chi connectivity index (χ1n) is 13.5. The Morgan fingerprint density at radius 1 is 0.675 bits per heavy atom. The fourth-order valence-corrected chi connectivity index (χ4v) is 4.45. The summed E-state index contributed by atoms with van der Waals surface area (Å²) in [5.41, 5.74) is 3.96. The third-order valence-electron chi connectivity index (χ3n) is 6.52. The van der Waals surface area contributed by atoms with Gasteiger partial charge in [-0.2, -0.15) is 0 Å². The fraction of sp³-hybridized carbons (Fsp3) is 0.400. The zero-order chi connectivity index (χ0) is 28.5. The van der Waals surface area contributed by atoms with Crippen LogP contribution >= 0.6 is 0 Å². The van der Waals surface area contributed by atoms with Crippen LogP contribution in [-0.4, -0.2) is 86.6 Å². The number of fused-ring (bicyclic) bond motifs is 2. The lowest BCUT2D eigenvalue weighted by molar-refractivity contribution is 0.0846. The number of rotatable bonds is 13. The summed E-state index contributed by atoms with van der Waals surface area (Å²) in [6.07, 6.45) is 5.01. The summed E-state index contributed by atoms with van der Waals surface area (Å²) in [5.74, 6) is 0.928. The molecular weight excluding hydrogens is 512 g/mol. The zero-order valence-corrected chi connectivity index (χ0v) is 23.6. The molecule has 0 unspecified atom stereocenters. The SMILES string of the molecule is CN(C)CCc1c[nH]c2cccc(OC(=O)OCCCCOC(=O)Oc3cccc4[nH]cc(CCN(C)C)c34)c12. The Bertz CT molecular complexity index is 1320. The van der Waals surface area contributed by atoms with Crippen molar-refractivity contribution in [3.05, 3.63) is 59.9 Å². The molecule has 0 amide bonds. The van der Waals surface area contributed by atoms with Crippen molar-refractivity contribution < 1.29 is 28.5 Å². The Morgan fingerprint density at radius 3 is 1.50 bits per heavy atom. The average molecular weight is 551 g/mol. The van der Waals surface area contributed by atoms with Crippen molar-refractivity contribution in [1.82, 2.24) is 19.8 Å². The fourth-order valence-electron chi connectivity index (χ4n) is 4.45. The molecule has 214 valence electrons. The van der Waals surface area contributed by atoms with Crippen LogP contribution in [0.5, 0.6) is 11.5 Å². The minimum absolute atomic E-state index is 0.145. The van der Waals surface area contributed by atoms with Gasteiger partial charge in [0.15, 0.2) is 0 Å². The van der Waals surface area contributed by atoms with E-state index < -0.39 is 12.3 Å². The third-order valence-corrected chi connectivity index (χ3v) is 6.52. The van der Waals surface area contributed by atoms with Crippen LogP contribution in [0.1, 0.15) is 24.0 Å². The number of ether oxygens (including phenoxy) is 4. The van der Waals surface area contributed by atoms with Gasteiger partial charge in [0.05, 0.1) is 13.2 Å². The zero-order valence-electron chi connectivity index (χ0n) is 23.6. The molecular formula is C30H38N4O6. The number of aromatic nitrogens is 2. The molecule has 0 aliphatic carbocycles. The molecule has 2 heterocycles. The van der Waals surface area contributed by atoms with Crippen molar-refractivity contribution in [3.63, 3.8) is 0 Å². The first-order valence-corrected chi connectivity index (χ1v) is 13.5. The van der Waals surface area contributed by atoms with Gasteiger partial charge in [0.25, 0.3) is 0 Å². The molecule has 40 heavy (non-hydrogen) atoms. The van der Waals surface area contributed by atoms with Crippen LogP contribution in [0.2, 0.25) is 0 Å². The normalized spacial score (nSPS) is 11.4. The van der Waals surface area contributed by atoms with E-state index in [1.54, 1.807) is 12.1 Å². The lowest BCUT2D eigenvalue weighted by Crippen LogP contribution is -2.15. The molecule has 0 radical (unpaired) electrons. The van der Waals surface area contributed by atoms with Gasteiger partial charge in [-0.1, -0.05) is 12.1 Å². The van der Waals surface area contributed by atoms with E-state index in [9.17, 15) is 9.59 Å². The van der Waals surface area contributed by atoms with E-state index in [2.05, 4.69) is 19.8 Å². The van der Waals surface area contributed by atoms with E-state index >= 15 is 0 Å². The van der Waals surface area contributed by atoms with Crippen LogP contribution in [0, 0.1) is 0 Å². The lowest BCUT2D eigenvalue weighted by atomic mass is 10.1. The van der Waals surface area contributed by atoms with Crippen LogP contribution in [0.15, 0.2) is 48.8 Å². The number of carbonyl (C=O) groups is 2. The summed E-state index contributed by atoms with van der Waals surface area (Å²) in [5, 5.41) is 1.77. The summed E-state index contributed by atoms with van der Waals surface area (Å²) >= 11 is 0. The predicted octanol–water partition coefficient (Wildman–Crippen LogP) is 5.37. The average Bonchev–Trinajstić information content (AvgIpc) is 3.53. The van der Waals surface area contributed by atoms with E-state index in [1.807, 2.05) is 64.8 Å². The van der Waals surface area contributed by atoms with Gasteiger partial charge in [-0.3, -0.25) is 0 Å². The van der Waals surface area contributed by atoms with Gasteiger partial charge in [-0.05, 0) is 89.3 Å². The second-order valence-corrected chi connectivity index (χ2v) is 10.2. The standard InChI is InChI=1S/C30H38N4O6/c1-33(2)15-13-21-19-31-23-9-7-11-25(27(21)23)39-29(35)37-17-5-6-18-38-30(36)40-26-12-8-10-24-28(26)22(20-32-24)14-16-34(3)4/h7-12,19-20,31-32H,5-6,13-18H2,1-4H3. The second kappa shape index (κ2) is 13.9. The Balaban J connectivity index is 1.19. The van der Waals surface area contributed by atoms with E-state index in [-0.39, 0.29) is 13.2 Å². The van der Waals surface area contributed by atoms with Crippen LogP contribution in [0.25, 0.3) is 21.8 Å². The van der Waals surface area contributed by atoms with Crippen molar-refractivity contribution in [2.24, 2.45) is 0 Å². The van der Waals surface area contributed by atoms with Crippen molar-refractivity contribution >= 4 is 34.1 Å². The number of unbranched alkanes of at least 4 members (excludes halogenated alkanes) is 1. The number of benzene rings is 2. The highest BCUT2D eigenvalue weighted by Gasteiger charge is 2.16. The molecule has 0 saturated heterocycles.